The maximum atomic E-state index is 5.86. The Labute approximate surface area is 104 Å². The van der Waals surface area contributed by atoms with Crippen LogP contribution >= 0.6 is 22.9 Å². The van der Waals surface area contributed by atoms with E-state index >= 15 is 0 Å². The third-order valence-electron chi connectivity index (χ3n) is 2.18. The molecule has 0 aliphatic rings. The monoisotopic (exact) mass is 253 g/mol. The van der Waals surface area contributed by atoms with E-state index in [1.165, 1.54) is 4.88 Å². The third kappa shape index (κ3) is 2.68. The van der Waals surface area contributed by atoms with Crippen molar-refractivity contribution >= 4 is 28.6 Å². The lowest BCUT2D eigenvalue weighted by atomic mass is 10.3. The van der Waals surface area contributed by atoms with E-state index in [9.17, 15) is 0 Å². The number of anilines is 1. The summed E-state index contributed by atoms with van der Waals surface area (Å²) in [5, 5.41) is 6.05. The Bertz CT molecular complexity index is 470. The van der Waals surface area contributed by atoms with Gasteiger partial charge in [0.05, 0.1) is 17.8 Å². The first-order valence-electron chi connectivity index (χ1n) is 4.89. The summed E-state index contributed by atoms with van der Waals surface area (Å²) in [4.78, 5) is 1.20. The van der Waals surface area contributed by atoms with Gasteiger partial charge in [0.2, 0.25) is 0 Å². The molecular formula is C12H12ClNOS. The van der Waals surface area contributed by atoms with Crippen LogP contribution in [0.3, 0.4) is 0 Å². The fraction of sp³-hybridized carbons (Fsp3) is 0.167. The predicted molar refractivity (Wildman–Crippen MR) is 69.6 cm³/mol. The summed E-state index contributed by atoms with van der Waals surface area (Å²) in [7, 11) is 1.67. The molecule has 0 fully saturated rings. The Hall–Kier alpha value is -1.19. The van der Waals surface area contributed by atoms with E-state index in [-0.39, 0.29) is 0 Å². The van der Waals surface area contributed by atoms with Gasteiger partial charge >= 0.3 is 0 Å². The molecule has 0 bridgehead atoms. The minimum absolute atomic E-state index is 0.762. The summed E-state index contributed by atoms with van der Waals surface area (Å²) in [6.07, 6.45) is 0. The number of para-hydroxylation sites is 2. The van der Waals surface area contributed by atoms with Crippen LogP contribution in [0.25, 0.3) is 0 Å². The number of hydrogen-bond donors (Lipinski definition) is 1. The molecule has 1 heterocycles. The summed E-state index contributed by atoms with van der Waals surface area (Å²) in [5.74, 6) is 0.852. The molecular weight excluding hydrogens is 242 g/mol. The molecule has 1 aromatic carbocycles. The molecule has 2 rings (SSSR count). The Balaban J connectivity index is 2.04. The van der Waals surface area contributed by atoms with Crippen molar-refractivity contribution in [3.05, 3.63) is 45.6 Å². The van der Waals surface area contributed by atoms with Gasteiger partial charge in [-0.25, -0.2) is 0 Å². The van der Waals surface area contributed by atoms with Gasteiger partial charge in [-0.2, -0.15) is 0 Å². The molecule has 2 aromatic rings. The highest BCUT2D eigenvalue weighted by atomic mass is 35.5. The summed E-state index contributed by atoms with van der Waals surface area (Å²) in [5.41, 5.74) is 0.995. The number of thiophene rings is 1. The minimum Gasteiger partial charge on any atom is -0.495 e. The maximum absolute atomic E-state index is 5.86. The zero-order valence-corrected chi connectivity index (χ0v) is 10.4. The van der Waals surface area contributed by atoms with Gasteiger partial charge in [-0.3, -0.25) is 0 Å². The average Bonchev–Trinajstić information content (AvgIpc) is 2.73. The molecule has 0 unspecified atom stereocenters. The Morgan fingerprint density at radius 3 is 2.88 bits per heavy atom. The highest BCUT2D eigenvalue weighted by molar-refractivity contribution is 7.10. The van der Waals surface area contributed by atoms with Crippen LogP contribution in [0.5, 0.6) is 5.75 Å². The van der Waals surface area contributed by atoms with Gasteiger partial charge in [0.1, 0.15) is 5.75 Å². The third-order valence-corrected chi connectivity index (χ3v) is 3.47. The highest BCUT2D eigenvalue weighted by Crippen LogP contribution is 2.25. The number of nitrogens with one attached hydrogen (secondary N) is 1. The zero-order valence-electron chi connectivity index (χ0n) is 8.87. The van der Waals surface area contributed by atoms with Crippen LogP contribution in [0.4, 0.5) is 5.69 Å². The Morgan fingerprint density at radius 1 is 1.38 bits per heavy atom. The van der Waals surface area contributed by atoms with Crippen LogP contribution in [0.15, 0.2) is 35.7 Å². The van der Waals surface area contributed by atoms with Crippen LogP contribution in [-0.2, 0) is 6.54 Å². The fourth-order valence-electron chi connectivity index (χ4n) is 1.42. The first kappa shape index (κ1) is 11.3. The molecule has 0 atom stereocenters. The smallest absolute Gasteiger partial charge is 0.141 e. The lowest BCUT2D eigenvalue weighted by molar-refractivity contribution is 0.416. The molecule has 1 aromatic heterocycles. The standard InChI is InChI=1S/C12H12ClNOS/c1-15-12-5-3-2-4-11(12)14-7-10-6-9(13)8-16-10/h2-6,8,14H,7H2,1H3. The van der Waals surface area contributed by atoms with E-state index in [1.54, 1.807) is 18.4 Å². The second kappa shape index (κ2) is 5.23. The molecule has 2 nitrogen and oxygen atoms in total. The van der Waals surface area contributed by atoms with Gasteiger partial charge in [0.15, 0.2) is 0 Å². The van der Waals surface area contributed by atoms with Crippen LogP contribution in [0.2, 0.25) is 5.02 Å². The number of halogens is 1. The van der Waals surface area contributed by atoms with Crippen LogP contribution in [0.1, 0.15) is 4.88 Å². The van der Waals surface area contributed by atoms with Crippen molar-refractivity contribution in [1.82, 2.24) is 0 Å². The van der Waals surface area contributed by atoms with Crippen molar-refractivity contribution in [2.24, 2.45) is 0 Å². The molecule has 1 N–H and O–H groups in total. The molecule has 84 valence electrons. The number of benzene rings is 1. The number of methoxy groups -OCH3 is 1. The Kier molecular flexibility index (Phi) is 3.70. The first-order valence-corrected chi connectivity index (χ1v) is 6.15. The van der Waals surface area contributed by atoms with Gasteiger partial charge in [0, 0.05) is 16.8 Å². The van der Waals surface area contributed by atoms with Crippen LogP contribution in [-0.4, -0.2) is 7.11 Å². The fourth-order valence-corrected chi connectivity index (χ4v) is 2.43. The largest absolute Gasteiger partial charge is 0.495 e. The predicted octanol–water partition coefficient (Wildman–Crippen LogP) is 4.02. The highest BCUT2D eigenvalue weighted by Gasteiger charge is 2.02. The number of ether oxygens (including phenoxy) is 1. The Morgan fingerprint density at radius 2 is 2.19 bits per heavy atom. The van der Waals surface area contributed by atoms with E-state index in [4.69, 9.17) is 16.3 Å². The molecule has 0 saturated carbocycles. The molecule has 0 spiro atoms. The van der Waals surface area contributed by atoms with E-state index in [1.807, 2.05) is 35.7 Å². The molecule has 4 heteroatoms. The van der Waals surface area contributed by atoms with Gasteiger partial charge < -0.3 is 10.1 Å². The van der Waals surface area contributed by atoms with Crippen molar-refractivity contribution in [3.63, 3.8) is 0 Å². The van der Waals surface area contributed by atoms with Gasteiger partial charge in [-0.05, 0) is 18.2 Å². The summed E-state index contributed by atoms with van der Waals surface area (Å²) < 4.78 is 5.25. The summed E-state index contributed by atoms with van der Waals surface area (Å²) >= 11 is 7.51. The average molecular weight is 254 g/mol. The summed E-state index contributed by atoms with van der Waals surface area (Å²) in [6, 6.07) is 9.82. The van der Waals surface area contributed by atoms with Crippen LogP contribution < -0.4 is 10.1 Å². The quantitative estimate of drug-likeness (QED) is 0.889. The molecule has 0 saturated heterocycles. The van der Waals surface area contributed by atoms with Crippen molar-refractivity contribution in [1.29, 1.82) is 0 Å². The van der Waals surface area contributed by atoms with Crippen LogP contribution in [0, 0.1) is 0 Å². The molecule has 0 radical (unpaired) electrons. The normalized spacial score (nSPS) is 10.1. The van der Waals surface area contributed by atoms with E-state index in [2.05, 4.69) is 5.32 Å². The van der Waals surface area contributed by atoms with Gasteiger partial charge in [-0.15, -0.1) is 11.3 Å². The second-order valence-electron chi connectivity index (χ2n) is 3.29. The van der Waals surface area contributed by atoms with E-state index < -0.39 is 0 Å². The van der Waals surface area contributed by atoms with Crippen molar-refractivity contribution in [2.75, 3.05) is 12.4 Å². The molecule has 0 aliphatic carbocycles. The topological polar surface area (TPSA) is 21.3 Å². The first-order chi connectivity index (χ1) is 7.79. The van der Waals surface area contributed by atoms with Gasteiger partial charge in [0.25, 0.3) is 0 Å². The van der Waals surface area contributed by atoms with Crippen molar-refractivity contribution in [3.8, 4) is 5.75 Å². The van der Waals surface area contributed by atoms with Crippen molar-refractivity contribution in [2.45, 2.75) is 6.54 Å². The molecule has 0 amide bonds. The zero-order chi connectivity index (χ0) is 11.4. The van der Waals surface area contributed by atoms with E-state index in [0.717, 1.165) is 23.0 Å². The number of hydrogen-bond acceptors (Lipinski definition) is 3. The van der Waals surface area contributed by atoms with E-state index in [0.29, 0.717) is 0 Å². The molecule has 0 aliphatic heterocycles. The molecule has 16 heavy (non-hydrogen) atoms. The minimum atomic E-state index is 0.762. The second-order valence-corrected chi connectivity index (χ2v) is 4.72. The summed E-state index contributed by atoms with van der Waals surface area (Å²) in [6.45, 7) is 0.762. The van der Waals surface area contributed by atoms with Crippen molar-refractivity contribution < 1.29 is 4.74 Å². The van der Waals surface area contributed by atoms with Gasteiger partial charge in [-0.1, -0.05) is 23.7 Å². The number of rotatable bonds is 4. The maximum Gasteiger partial charge on any atom is 0.141 e. The lowest BCUT2D eigenvalue weighted by Gasteiger charge is -2.09. The lowest BCUT2D eigenvalue weighted by Crippen LogP contribution is -1.99. The SMILES string of the molecule is COc1ccccc1NCc1cc(Cl)cs1.